The topological polar surface area (TPSA) is 88.4 Å². The average molecular weight is 472 g/mol. The Kier molecular flexibility index (Phi) is 7.93. The van der Waals surface area contributed by atoms with E-state index in [0.29, 0.717) is 10.00 Å². The Hall–Kier alpha value is -2.01. The normalized spacial score (nSPS) is 12.3. The van der Waals surface area contributed by atoms with E-state index in [-0.39, 0.29) is 40.6 Å². The van der Waals surface area contributed by atoms with Crippen molar-refractivity contribution >= 4 is 63.2 Å². The Balaban J connectivity index is 2.48. The zero-order valence-electron chi connectivity index (χ0n) is 15.2. The molecule has 0 unspecified atom stereocenters. The molecule has 7 nitrogen and oxygen atoms in total. The van der Waals surface area contributed by atoms with Crippen LogP contribution in [-0.4, -0.2) is 46.9 Å². The molecule has 0 saturated carbocycles. The summed E-state index contributed by atoms with van der Waals surface area (Å²) in [5, 5.41) is 11.7. The number of benzene rings is 1. The SMILES string of the molecule is B=C(Nc1c(C(=O)NOCCO)cc2c(ncn2C)c1F)/C(Cl)=C\C(Br)=C/C. The van der Waals surface area contributed by atoms with Crippen LogP contribution in [0.2, 0.25) is 0 Å². The molecule has 148 valence electrons. The Labute approximate surface area is 175 Å². The van der Waals surface area contributed by atoms with E-state index in [0.717, 1.165) is 0 Å². The standard InChI is InChI=1S/C17H18BBrClFN4O3/c1-3-9(19)6-11(20)16(18)23-14-10(17(27)24-28-5-4-26)7-12-15(13(14)21)22-8-25(12)2/h3,6-8,18,23,26H,4-5H2,1-2H3,(H,24,27)/b9-3+,11-6+. The van der Waals surface area contributed by atoms with Gasteiger partial charge in [-0.05, 0) is 0 Å². The third-order valence-electron chi connectivity index (χ3n) is 3.67. The van der Waals surface area contributed by atoms with Gasteiger partial charge in [0, 0.05) is 0 Å². The van der Waals surface area contributed by atoms with Gasteiger partial charge in [-0.1, -0.05) is 0 Å². The number of hydrogen-bond donors (Lipinski definition) is 3. The molecule has 1 amide bonds. The van der Waals surface area contributed by atoms with Crippen molar-refractivity contribution in [2.24, 2.45) is 7.05 Å². The summed E-state index contributed by atoms with van der Waals surface area (Å²) in [6, 6.07) is 1.47. The van der Waals surface area contributed by atoms with Crippen LogP contribution in [0.1, 0.15) is 17.3 Å². The number of nitrogens with one attached hydrogen (secondary N) is 2. The third kappa shape index (κ3) is 5.08. The van der Waals surface area contributed by atoms with Crippen LogP contribution in [0.5, 0.6) is 0 Å². The first kappa shape index (κ1) is 22.3. The summed E-state index contributed by atoms with van der Waals surface area (Å²) in [6.07, 6.45) is 4.79. The first-order valence-corrected chi connectivity index (χ1v) is 9.29. The van der Waals surface area contributed by atoms with Gasteiger partial charge in [0.2, 0.25) is 0 Å². The molecule has 1 aromatic carbocycles. The number of carbonyl (C=O) groups excluding carboxylic acids is 1. The van der Waals surface area contributed by atoms with E-state index < -0.39 is 11.7 Å². The number of rotatable bonds is 8. The molecule has 1 heterocycles. The fourth-order valence-electron chi connectivity index (χ4n) is 2.25. The second-order valence-electron chi connectivity index (χ2n) is 5.61. The first-order valence-electron chi connectivity index (χ1n) is 8.12. The predicted octanol–water partition coefficient (Wildman–Crippen LogP) is 2.23. The molecule has 0 fully saturated rings. The first-order chi connectivity index (χ1) is 13.3. The number of allylic oxidation sites excluding steroid dienone is 3. The number of carbonyl (C=O) groups is 1. The molecule has 0 bridgehead atoms. The van der Waals surface area contributed by atoms with Crippen molar-refractivity contribution in [1.29, 1.82) is 0 Å². The maximum atomic E-state index is 15.1. The van der Waals surface area contributed by atoms with E-state index in [2.05, 4.69) is 39.2 Å². The zero-order valence-corrected chi connectivity index (χ0v) is 17.6. The Morgan fingerprint density at radius 3 is 2.93 bits per heavy atom. The number of fused-ring (bicyclic) bond motifs is 1. The molecule has 2 rings (SSSR count). The summed E-state index contributed by atoms with van der Waals surface area (Å²) < 4.78 is 17.4. The number of aliphatic hydroxyl groups is 1. The van der Waals surface area contributed by atoms with Crippen LogP contribution in [0.3, 0.4) is 0 Å². The Bertz CT molecular complexity index is 977. The molecular formula is C17H18BBrClFN4O3. The molecule has 0 aliphatic heterocycles. The number of nitrogens with zero attached hydrogens (tertiary/aromatic N) is 2. The molecule has 0 saturated heterocycles. The summed E-state index contributed by atoms with van der Waals surface area (Å²) in [6.45, 7) is 1.42. The van der Waals surface area contributed by atoms with E-state index in [4.69, 9.17) is 21.5 Å². The zero-order chi connectivity index (χ0) is 20.8. The molecule has 2 aromatic rings. The fraction of sp³-hybridized carbons (Fsp3) is 0.235. The molecular weight excluding hydrogens is 453 g/mol. The van der Waals surface area contributed by atoms with Gasteiger partial charge in [-0.25, -0.2) is 0 Å². The molecule has 0 aliphatic carbocycles. The second-order valence-corrected chi connectivity index (χ2v) is 6.93. The van der Waals surface area contributed by atoms with Gasteiger partial charge in [-0.2, -0.15) is 0 Å². The summed E-state index contributed by atoms with van der Waals surface area (Å²) in [4.78, 5) is 21.4. The van der Waals surface area contributed by atoms with Crippen LogP contribution < -0.4 is 10.8 Å². The fourth-order valence-corrected chi connectivity index (χ4v) is 2.77. The summed E-state index contributed by atoms with van der Waals surface area (Å²) in [7, 11) is 5.47. The van der Waals surface area contributed by atoms with Crippen molar-refractivity contribution in [3.8, 4) is 0 Å². The number of halogens is 3. The minimum atomic E-state index is -0.735. The van der Waals surface area contributed by atoms with Crippen molar-refractivity contribution < 1.29 is 19.1 Å². The predicted molar refractivity (Wildman–Crippen MR) is 114 cm³/mol. The van der Waals surface area contributed by atoms with Crippen LogP contribution in [0.4, 0.5) is 10.1 Å². The van der Waals surface area contributed by atoms with Crippen LogP contribution >= 0.6 is 27.5 Å². The van der Waals surface area contributed by atoms with Crippen molar-refractivity contribution in [2.45, 2.75) is 6.92 Å². The number of hydrogen-bond acceptors (Lipinski definition) is 5. The minimum absolute atomic E-state index is 0.0396. The van der Waals surface area contributed by atoms with Gasteiger partial charge in [0.05, 0.1) is 0 Å². The van der Waals surface area contributed by atoms with Gasteiger partial charge >= 0.3 is 175 Å². The van der Waals surface area contributed by atoms with E-state index in [1.54, 1.807) is 23.8 Å². The molecule has 11 heteroatoms. The van der Waals surface area contributed by atoms with Crippen LogP contribution in [0.25, 0.3) is 11.0 Å². The van der Waals surface area contributed by atoms with Gasteiger partial charge in [-0.3, -0.25) is 0 Å². The van der Waals surface area contributed by atoms with Crippen LogP contribution in [-0.2, 0) is 11.9 Å². The number of aryl methyl sites for hydroxylation is 1. The molecule has 3 N–H and O–H groups in total. The van der Waals surface area contributed by atoms with E-state index in [9.17, 15) is 4.79 Å². The number of aliphatic hydroxyl groups excluding tert-OH is 1. The molecule has 0 aliphatic rings. The van der Waals surface area contributed by atoms with Crippen molar-refractivity contribution in [3.05, 3.63) is 45.4 Å². The second kappa shape index (κ2) is 9.97. The van der Waals surface area contributed by atoms with Gasteiger partial charge in [0.25, 0.3) is 0 Å². The summed E-state index contributed by atoms with van der Waals surface area (Å²) >= 11 is 9.49. The molecule has 0 spiro atoms. The number of hydroxylamine groups is 1. The van der Waals surface area contributed by atoms with Gasteiger partial charge < -0.3 is 0 Å². The van der Waals surface area contributed by atoms with Gasteiger partial charge in [-0.15, -0.1) is 0 Å². The maximum absolute atomic E-state index is 15.1. The van der Waals surface area contributed by atoms with Crippen molar-refractivity contribution in [1.82, 2.24) is 15.0 Å². The Morgan fingerprint density at radius 1 is 1.57 bits per heavy atom. The monoisotopic (exact) mass is 470 g/mol. The quantitative estimate of drug-likeness (QED) is 0.238. The van der Waals surface area contributed by atoms with Gasteiger partial charge in [0.15, 0.2) is 0 Å². The average Bonchev–Trinajstić information content (AvgIpc) is 3.04. The number of aromatic nitrogens is 2. The van der Waals surface area contributed by atoms with Gasteiger partial charge in [0.1, 0.15) is 0 Å². The molecule has 0 radical (unpaired) electrons. The van der Waals surface area contributed by atoms with E-state index in [1.165, 1.54) is 12.4 Å². The summed E-state index contributed by atoms with van der Waals surface area (Å²) in [5.74, 6) is -1.44. The van der Waals surface area contributed by atoms with Crippen LogP contribution in [0.15, 0.2) is 34.1 Å². The molecule has 1 aromatic heterocycles. The molecule has 0 atom stereocenters. The number of anilines is 1. The third-order valence-corrected chi connectivity index (χ3v) is 4.69. The van der Waals surface area contributed by atoms with Crippen LogP contribution in [0, 0.1) is 5.82 Å². The number of amides is 1. The molecule has 28 heavy (non-hydrogen) atoms. The summed E-state index contributed by atoms with van der Waals surface area (Å²) in [5.41, 5.74) is 2.65. The van der Waals surface area contributed by atoms with E-state index >= 15 is 4.39 Å². The van der Waals surface area contributed by atoms with Crippen molar-refractivity contribution in [2.75, 3.05) is 18.5 Å². The van der Waals surface area contributed by atoms with Crippen molar-refractivity contribution in [3.63, 3.8) is 0 Å². The Morgan fingerprint density at radius 2 is 2.29 bits per heavy atom. The number of imidazole rings is 1. The van der Waals surface area contributed by atoms with E-state index in [1.807, 2.05) is 6.92 Å².